The fourth-order valence-corrected chi connectivity index (χ4v) is 5.07. The van der Waals surface area contributed by atoms with Gasteiger partial charge >= 0.3 is 12.2 Å². The first-order valence-corrected chi connectivity index (χ1v) is 12.4. The molecule has 0 radical (unpaired) electrons. The van der Waals surface area contributed by atoms with Crippen LogP contribution in [0.4, 0.5) is 23.7 Å². The van der Waals surface area contributed by atoms with Crippen molar-refractivity contribution in [3.63, 3.8) is 0 Å². The van der Waals surface area contributed by atoms with E-state index in [1.807, 2.05) is 0 Å². The predicted octanol–water partition coefficient (Wildman–Crippen LogP) is 4.37. The number of aliphatic imine (C=N–C) groups is 2. The second kappa shape index (κ2) is 10.7. The molecule has 2 aliphatic heterocycles. The van der Waals surface area contributed by atoms with Crippen LogP contribution >= 0.6 is 0 Å². The molecule has 0 aromatic carbocycles. The second-order valence-electron chi connectivity index (χ2n) is 9.80. The second-order valence-corrected chi connectivity index (χ2v) is 9.80. The third kappa shape index (κ3) is 5.09. The molecule has 1 aromatic rings. The van der Waals surface area contributed by atoms with E-state index in [0.29, 0.717) is 30.8 Å². The lowest BCUT2D eigenvalue weighted by atomic mass is 9.75. The van der Waals surface area contributed by atoms with Crippen LogP contribution in [0, 0.1) is 0 Å². The molecule has 3 aliphatic rings. The van der Waals surface area contributed by atoms with Crippen molar-refractivity contribution in [1.82, 2.24) is 14.8 Å². The molecule has 2 saturated heterocycles. The van der Waals surface area contributed by atoms with Gasteiger partial charge in [0.15, 0.2) is 0 Å². The van der Waals surface area contributed by atoms with Gasteiger partial charge in [0.2, 0.25) is 5.88 Å². The molecule has 0 atom stereocenters. The number of imide groups is 1. The van der Waals surface area contributed by atoms with Crippen LogP contribution < -0.4 is 9.64 Å². The number of hydrogen-bond acceptors (Lipinski definition) is 7. The number of aromatic nitrogens is 1. The Labute approximate surface area is 219 Å². The van der Waals surface area contributed by atoms with E-state index in [-0.39, 0.29) is 11.8 Å². The summed E-state index contributed by atoms with van der Waals surface area (Å²) < 4.78 is 47.5. The molecular weight excluding hydrogens is 501 g/mol. The number of urea groups is 1. The van der Waals surface area contributed by atoms with Crippen molar-refractivity contribution < 1.29 is 27.5 Å². The Morgan fingerprint density at radius 3 is 2.42 bits per heavy atom. The quantitative estimate of drug-likeness (QED) is 0.282. The molecule has 0 unspecified atom stereocenters. The van der Waals surface area contributed by atoms with Gasteiger partial charge in [-0.3, -0.25) is 19.7 Å². The lowest BCUT2D eigenvalue weighted by Gasteiger charge is -2.41. The first-order chi connectivity index (χ1) is 18.0. The van der Waals surface area contributed by atoms with Gasteiger partial charge in [0.05, 0.1) is 29.7 Å². The van der Waals surface area contributed by atoms with Gasteiger partial charge in [0.25, 0.3) is 5.91 Å². The number of nitrogens with zero attached hydrogens (tertiary/aromatic N) is 6. The van der Waals surface area contributed by atoms with Crippen molar-refractivity contribution in [2.24, 2.45) is 9.98 Å². The van der Waals surface area contributed by atoms with Crippen molar-refractivity contribution in [2.75, 3.05) is 31.6 Å². The van der Waals surface area contributed by atoms with Gasteiger partial charge in [-0.15, -0.1) is 0 Å². The summed E-state index contributed by atoms with van der Waals surface area (Å²) in [6, 6.07) is 2.57. The van der Waals surface area contributed by atoms with Crippen LogP contribution in [0.3, 0.4) is 0 Å². The molecule has 3 heterocycles. The lowest BCUT2D eigenvalue weighted by Crippen LogP contribution is -2.55. The van der Waals surface area contributed by atoms with Crippen LogP contribution in [-0.2, 0) is 4.79 Å². The van der Waals surface area contributed by atoms with Crippen molar-refractivity contribution in [3.8, 4) is 5.88 Å². The van der Waals surface area contributed by atoms with E-state index < -0.39 is 41.5 Å². The number of anilines is 1. The molecule has 1 aromatic heterocycles. The summed E-state index contributed by atoms with van der Waals surface area (Å²) in [5.74, 6) is -0.150. The van der Waals surface area contributed by atoms with E-state index in [9.17, 15) is 22.8 Å². The Hall–Kier alpha value is -3.54. The largest absolute Gasteiger partial charge is 0.474 e. The van der Waals surface area contributed by atoms with Gasteiger partial charge in [0.1, 0.15) is 11.6 Å². The SMILES string of the molecule is C=NC/C(N=C)=C(/C=C(\C)N1C(=O)N(c2ccc(OC3CCN(C)CC3)nc2)C2(CCC2)C1=O)C(F)(F)F. The Morgan fingerprint density at radius 1 is 1.24 bits per heavy atom. The number of likely N-dealkylation sites (tertiary alicyclic amines) is 1. The Kier molecular flexibility index (Phi) is 7.73. The van der Waals surface area contributed by atoms with Crippen LogP contribution in [-0.4, -0.2) is 84.7 Å². The fourth-order valence-electron chi connectivity index (χ4n) is 5.07. The van der Waals surface area contributed by atoms with Crippen molar-refractivity contribution >= 4 is 31.1 Å². The number of alkyl halides is 3. The van der Waals surface area contributed by atoms with E-state index >= 15 is 0 Å². The van der Waals surface area contributed by atoms with Crippen LogP contribution in [0.5, 0.6) is 5.88 Å². The molecule has 38 heavy (non-hydrogen) atoms. The topological polar surface area (TPSA) is 90.7 Å². The highest BCUT2D eigenvalue weighted by molar-refractivity contribution is 6.18. The van der Waals surface area contributed by atoms with Crippen molar-refractivity contribution in [3.05, 3.63) is 41.4 Å². The number of amides is 3. The summed E-state index contributed by atoms with van der Waals surface area (Å²) in [5.41, 5.74) is -2.55. The van der Waals surface area contributed by atoms with Gasteiger partial charge in [0, 0.05) is 24.9 Å². The summed E-state index contributed by atoms with van der Waals surface area (Å²) in [4.78, 5) is 42.7. The number of hydrogen-bond donors (Lipinski definition) is 0. The van der Waals surface area contributed by atoms with Gasteiger partial charge in [-0.05, 0) is 71.7 Å². The van der Waals surface area contributed by atoms with Gasteiger partial charge < -0.3 is 9.64 Å². The van der Waals surface area contributed by atoms with E-state index in [1.165, 1.54) is 18.0 Å². The Morgan fingerprint density at radius 2 is 1.92 bits per heavy atom. The number of ether oxygens (including phenoxy) is 1. The van der Waals surface area contributed by atoms with Gasteiger partial charge in [-0.1, -0.05) is 0 Å². The highest BCUT2D eigenvalue weighted by atomic mass is 19.4. The number of piperidine rings is 1. The highest BCUT2D eigenvalue weighted by Gasteiger charge is 2.61. The third-order valence-corrected chi connectivity index (χ3v) is 7.30. The molecule has 4 rings (SSSR count). The average Bonchev–Trinajstić information content (AvgIpc) is 3.09. The summed E-state index contributed by atoms with van der Waals surface area (Å²) in [5, 5.41) is 0. The zero-order valence-electron chi connectivity index (χ0n) is 21.5. The van der Waals surface area contributed by atoms with E-state index in [2.05, 4.69) is 40.4 Å². The highest BCUT2D eigenvalue weighted by Crippen LogP contribution is 2.47. The zero-order chi connectivity index (χ0) is 27.7. The summed E-state index contributed by atoms with van der Waals surface area (Å²) in [7, 11) is 2.06. The van der Waals surface area contributed by atoms with Gasteiger partial charge in [-0.2, -0.15) is 13.2 Å². The van der Waals surface area contributed by atoms with Crippen LogP contribution in [0.1, 0.15) is 39.0 Å². The number of rotatable bonds is 8. The Balaban J connectivity index is 1.62. The number of pyridine rings is 1. The van der Waals surface area contributed by atoms with Crippen LogP contribution in [0.2, 0.25) is 0 Å². The molecule has 9 nitrogen and oxygen atoms in total. The molecule has 204 valence electrons. The van der Waals surface area contributed by atoms with Crippen molar-refractivity contribution in [1.29, 1.82) is 0 Å². The van der Waals surface area contributed by atoms with Crippen LogP contribution in [0.15, 0.2) is 51.4 Å². The summed E-state index contributed by atoms with van der Waals surface area (Å²) >= 11 is 0. The smallest absolute Gasteiger partial charge is 0.418 e. The van der Waals surface area contributed by atoms with E-state index in [4.69, 9.17) is 4.74 Å². The minimum atomic E-state index is -4.81. The minimum absolute atomic E-state index is 0.0444. The molecule has 1 spiro atoms. The number of carbonyl (C=O) groups is 2. The summed E-state index contributed by atoms with van der Waals surface area (Å²) in [6.45, 7) is 9.13. The molecule has 1 aliphatic carbocycles. The maximum Gasteiger partial charge on any atom is 0.418 e. The zero-order valence-corrected chi connectivity index (χ0v) is 21.5. The molecule has 0 N–H and O–H groups in total. The molecule has 1 saturated carbocycles. The van der Waals surface area contributed by atoms with E-state index in [0.717, 1.165) is 36.9 Å². The maximum atomic E-state index is 13.8. The fraction of sp³-hybridized carbons (Fsp3) is 0.500. The maximum absolute atomic E-state index is 13.8. The number of allylic oxidation sites excluding steroid dienone is 3. The predicted molar refractivity (Wildman–Crippen MR) is 137 cm³/mol. The molecule has 3 fully saturated rings. The average molecular weight is 533 g/mol. The summed E-state index contributed by atoms with van der Waals surface area (Å²) in [6.07, 6.45) is 0.699. The van der Waals surface area contributed by atoms with Crippen molar-refractivity contribution in [2.45, 2.75) is 56.8 Å². The van der Waals surface area contributed by atoms with Gasteiger partial charge in [-0.25, -0.2) is 14.7 Å². The minimum Gasteiger partial charge on any atom is -0.474 e. The Bertz CT molecular complexity index is 1170. The van der Waals surface area contributed by atoms with Crippen LogP contribution in [0.25, 0.3) is 0 Å². The monoisotopic (exact) mass is 532 g/mol. The normalized spacial score (nSPS) is 21.4. The lowest BCUT2D eigenvalue weighted by molar-refractivity contribution is -0.132. The molecular formula is C26H31F3N6O3. The third-order valence-electron chi connectivity index (χ3n) is 7.30. The standard InChI is InChI=1S/C26H31F3N6O3/c1-17(14-20(26(27,28)29)21(31-3)16-30-2)34-23(36)25(10-5-11-25)35(24(34)37)18-6-7-22(32-15-18)38-19-8-12-33(4)13-9-19/h6-7,14-15,19H,2-3,5,8-13,16H2,1,4H3/b17-14+,21-20+. The molecule has 3 amide bonds. The molecule has 12 heteroatoms. The number of carbonyl (C=O) groups excluding carboxylic acids is 2. The first-order valence-electron chi connectivity index (χ1n) is 12.4. The molecule has 0 bridgehead atoms. The first kappa shape index (κ1) is 27.5. The number of halogens is 3. The van der Waals surface area contributed by atoms with E-state index in [1.54, 1.807) is 12.1 Å².